The summed E-state index contributed by atoms with van der Waals surface area (Å²) in [6, 6.07) is 6.25. The molecule has 8 heteroatoms. The molecule has 1 aromatic heterocycles. The number of ether oxygens (including phenoxy) is 2. The van der Waals surface area contributed by atoms with E-state index in [4.69, 9.17) is 9.47 Å². The summed E-state index contributed by atoms with van der Waals surface area (Å²) in [5.41, 5.74) is 0.919. The summed E-state index contributed by atoms with van der Waals surface area (Å²) in [6.45, 7) is 9.69. The molecule has 28 heavy (non-hydrogen) atoms. The number of nitrogens with one attached hydrogen (secondary N) is 2. The van der Waals surface area contributed by atoms with Crippen molar-refractivity contribution in [2.45, 2.75) is 39.3 Å². The number of aliphatic imine (C=N–C) groups is 1. The lowest BCUT2D eigenvalue weighted by Gasteiger charge is -2.39. The molecular weight excluding hydrogens is 469 g/mol. The van der Waals surface area contributed by atoms with Crippen LogP contribution in [0.2, 0.25) is 0 Å². The molecule has 1 saturated heterocycles. The first-order valence-corrected chi connectivity index (χ1v) is 9.98. The second-order valence-corrected chi connectivity index (χ2v) is 6.77. The molecule has 160 valence electrons. The van der Waals surface area contributed by atoms with E-state index in [2.05, 4.69) is 39.4 Å². The molecule has 2 heterocycles. The van der Waals surface area contributed by atoms with Gasteiger partial charge in [-0.25, -0.2) is 4.98 Å². The van der Waals surface area contributed by atoms with Crippen LogP contribution in [0, 0.1) is 5.92 Å². The number of methoxy groups -OCH3 is 1. The molecule has 1 atom stereocenters. The molecule has 0 saturated carbocycles. The smallest absolute Gasteiger partial charge is 0.213 e. The Hall–Kier alpha value is -1.13. The monoisotopic (exact) mass is 505 g/mol. The first-order valence-electron chi connectivity index (χ1n) is 9.98. The fraction of sp³-hybridized carbons (Fsp3) is 0.700. The number of hydrogen-bond acceptors (Lipinski definition) is 5. The Kier molecular flexibility index (Phi) is 12.4. The van der Waals surface area contributed by atoms with Gasteiger partial charge in [0.15, 0.2) is 5.96 Å². The number of hydrogen-bond donors (Lipinski definition) is 2. The molecule has 1 aliphatic heterocycles. The normalized spacial score (nSPS) is 16.4. The Morgan fingerprint density at radius 2 is 1.96 bits per heavy atom. The summed E-state index contributed by atoms with van der Waals surface area (Å²) < 4.78 is 10.7. The maximum Gasteiger partial charge on any atom is 0.213 e. The number of guanidine groups is 1. The van der Waals surface area contributed by atoms with Crippen molar-refractivity contribution >= 4 is 29.9 Å². The van der Waals surface area contributed by atoms with Crippen molar-refractivity contribution in [2.75, 3.05) is 47.0 Å². The van der Waals surface area contributed by atoms with Gasteiger partial charge in [0.2, 0.25) is 5.88 Å². The predicted molar refractivity (Wildman–Crippen MR) is 125 cm³/mol. The molecule has 1 unspecified atom stereocenters. The van der Waals surface area contributed by atoms with E-state index in [-0.39, 0.29) is 24.0 Å². The molecule has 0 spiro atoms. The third kappa shape index (κ3) is 7.71. The van der Waals surface area contributed by atoms with Gasteiger partial charge in [-0.2, -0.15) is 0 Å². The number of rotatable bonds is 9. The third-order valence-corrected chi connectivity index (χ3v) is 5.24. The van der Waals surface area contributed by atoms with Gasteiger partial charge < -0.3 is 20.1 Å². The number of nitrogens with zero attached hydrogens (tertiary/aromatic N) is 3. The molecule has 0 radical (unpaired) electrons. The van der Waals surface area contributed by atoms with E-state index in [0.29, 0.717) is 24.4 Å². The van der Waals surface area contributed by atoms with Gasteiger partial charge in [0.05, 0.1) is 32.6 Å². The van der Waals surface area contributed by atoms with Crippen molar-refractivity contribution in [2.24, 2.45) is 10.9 Å². The Morgan fingerprint density at radius 1 is 1.25 bits per heavy atom. The second kappa shape index (κ2) is 13.9. The van der Waals surface area contributed by atoms with Gasteiger partial charge in [-0.3, -0.25) is 9.89 Å². The minimum absolute atomic E-state index is 0. The second-order valence-electron chi connectivity index (χ2n) is 6.77. The van der Waals surface area contributed by atoms with Crippen molar-refractivity contribution in [3.05, 3.63) is 23.9 Å². The number of halogens is 1. The van der Waals surface area contributed by atoms with E-state index >= 15 is 0 Å². The number of aromatic nitrogens is 1. The van der Waals surface area contributed by atoms with Gasteiger partial charge in [-0.05, 0) is 12.0 Å². The first-order chi connectivity index (χ1) is 13.2. The minimum Gasteiger partial charge on any atom is -0.481 e. The summed E-state index contributed by atoms with van der Waals surface area (Å²) in [6.07, 6.45) is 2.36. The van der Waals surface area contributed by atoms with Crippen molar-refractivity contribution < 1.29 is 9.47 Å². The minimum atomic E-state index is 0. The highest BCUT2D eigenvalue weighted by Crippen LogP contribution is 2.19. The lowest BCUT2D eigenvalue weighted by molar-refractivity contribution is 0.00272. The Labute approximate surface area is 186 Å². The van der Waals surface area contributed by atoms with Crippen LogP contribution in [0.4, 0.5) is 0 Å². The average molecular weight is 505 g/mol. The summed E-state index contributed by atoms with van der Waals surface area (Å²) in [5.74, 6) is 2.08. The van der Waals surface area contributed by atoms with Gasteiger partial charge in [-0.15, -0.1) is 24.0 Å². The summed E-state index contributed by atoms with van der Waals surface area (Å²) >= 11 is 0. The fourth-order valence-electron chi connectivity index (χ4n) is 3.60. The molecule has 0 aromatic carbocycles. The van der Waals surface area contributed by atoms with Crippen LogP contribution in [0.3, 0.4) is 0 Å². The van der Waals surface area contributed by atoms with Crippen LogP contribution in [0.25, 0.3) is 0 Å². The molecule has 2 N–H and O–H groups in total. The lowest BCUT2D eigenvalue weighted by atomic mass is 9.92. The zero-order chi connectivity index (χ0) is 19.5. The lowest BCUT2D eigenvalue weighted by Crippen LogP contribution is -2.53. The van der Waals surface area contributed by atoms with Crippen LogP contribution in [-0.2, 0) is 11.3 Å². The Morgan fingerprint density at radius 3 is 2.57 bits per heavy atom. The summed E-state index contributed by atoms with van der Waals surface area (Å²) in [5, 5.41) is 6.86. The average Bonchev–Trinajstić information content (AvgIpc) is 2.73. The van der Waals surface area contributed by atoms with Gasteiger partial charge in [0.1, 0.15) is 0 Å². The highest BCUT2D eigenvalue weighted by molar-refractivity contribution is 14.0. The van der Waals surface area contributed by atoms with Crippen LogP contribution in [0.1, 0.15) is 32.4 Å². The van der Waals surface area contributed by atoms with Crippen molar-refractivity contribution in [3.63, 3.8) is 0 Å². The van der Waals surface area contributed by atoms with E-state index in [1.165, 1.54) is 12.8 Å². The quantitative estimate of drug-likeness (QED) is 0.306. The molecule has 0 bridgehead atoms. The van der Waals surface area contributed by atoms with Gasteiger partial charge in [0, 0.05) is 38.8 Å². The molecule has 1 fully saturated rings. The van der Waals surface area contributed by atoms with Crippen molar-refractivity contribution in [1.82, 2.24) is 20.5 Å². The topological polar surface area (TPSA) is 71.0 Å². The summed E-state index contributed by atoms with van der Waals surface area (Å²) in [7, 11) is 3.43. The van der Waals surface area contributed by atoms with E-state index < -0.39 is 0 Å². The number of pyridine rings is 1. The standard InChI is InChI=1S/C20H35N5O2.HI/c1-5-16(6-2)18(25-10-12-27-13-11-25)15-23-20(21-3)22-14-17-8-7-9-19(24-17)26-4;/h7-9,16,18H,5-6,10-15H2,1-4H3,(H2,21,22,23);1H. The van der Waals surface area contributed by atoms with Crippen LogP contribution >= 0.6 is 24.0 Å². The van der Waals surface area contributed by atoms with Crippen LogP contribution in [0.15, 0.2) is 23.2 Å². The van der Waals surface area contributed by atoms with E-state index in [0.717, 1.165) is 44.5 Å². The molecular formula is C20H36IN5O2. The van der Waals surface area contributed by atoms with Crippen LogP contribution < -0.4 is 15.4 Å². The first kappa shape index (κ1) is 24.9. The molecule has 7 nitrogen and oxygen atoms in total. The van der Waals surface area contributed by atoms with Crippen LogP contribution in [0.5, 0.6) is 5.88 Å². The number of morpholine rings is 1. The molecule has 1 aromatic rings. The van der Waals surface area contributed by atoms with Crippen molar-refractivity contribution in [1.29, 1.82) is 0 Å². The fourth-order valence-corrected chi connectivity index (χ4v) is 3.60. The van der Waals surface area contributed by atoms with E-state index in [1.807, 2.05) is 18.2 Å². The maximum absolute atomic E-state index is 5.53. The Balaban J connectivity index is 0.00000392. The predicted octanol–water partition coefficient (Wildman–Crippen LogP) is 2.51. The zero-order valence-electron chi connectivity index (χ0n) is 17.6. The molecule has 2 rings (SSSR count). The summed E-state index contributed by atoms with van der Waals surface area (Å²) in [4.78, 5) is 11.4. The van der Waals surface area contributed by atoms with Gasteiger partial charge in [0.25, 0.3) is 0 Å². The largest absolute Gasteiger partial charge is 0.481 e. The highest BCUT2D eigenvalue weighted by Gasteiger charge is 2.26. The highest BCUT2D eigenvalue weighted by atomic mass is 127. The van der Waals surface area contributed by atoms with Gasteiger partial charge in [-0.1, -0.05) is 32.8 Å². The van der Waals surface area contributed by atoms with E-state index in [1.54, 1.807) is 14.2 Å². The molecule has 1 aliphatic rings. The Bertz CT molecular complexity index is 577. The zero-order valence-corrected chi connectivity index (χ0v) is 19.9. The molecule has 0 aliphatic carbocycles. The third-order valence-electron chi connectivity index (χ3n) is 5.24. The van der Waals surface area contributed by atoms with Crippen LogP contribution in [-0.4, -0.2) is 68.9 Å². The van der Waals surface area contributed by atoms with Gasteiger partial charge >= 0.3 is 0 Å². The SMILES string of the molecule is CCC(CC)C(CNC(=NC)NCc1cccc(OC)n1)N1CCOCC1.I. The van der Waals surface area contributed by atoms with Crippen molar-refractivity contribution in [3.8, 4) is 5.88 Å². The van der Waals surface area contributed by atoms with E-state index in [9.17, 15) is 0 Å². The maximum atomic E-state index is 5.53. The molecule has 0 amide bonds.